The minimum Gasteiger partial charge on any atom is -0.508 e. The molecule has 3 N–H and O–H groups in total. The Morgan fingerprint density at radius 2 is 1.68 bits per heavy atom. The fourth-order valence-electron chi connectivity index (χ4n) is 3.20. The maximum atomic E-state index is 11.6. The van der Waals surface area contributed by atoms with Gasteiger partial charge < -0.3 is 15.3 Å². The summed E-state index contributed by atoms with van der Waals surface area (Å²) < 4.78 is 0. The Bertz CT molecular complexity index is 765. The summed E-state index contributed by atoms with van der Waals surface area (Å²) in [6.45, 7) is 0. The molecule has 0 amide bonds. The van der Waals surface area contributed by atoms with E-state index in [9.17, 15) is 19.8 Å². The molecule has 0 aliphatic heterocycles. The van der Waals surface area contributed by atoms with Crippen molar-refractivity contribution < 1.29 is 24.9 Å². The van der Waals surface area contributed by atoms with Crippen LogP contribution in [0.3, 0.4) is 0 Å². The van der Waals surface area contributed by atoms with Crippen molar-refractivity contribution in [3.05, 3.63) is 53.6 Å². The molecule has 22 heavy (non-hydrogen) atoms. The van der Waals surface area contributed by atoms with Gasteiger partial charge in [0.1, 0.15) is 5.75 Å². The van der Waals surface area contributed by atoms with Gasteiger partial charge in [0.2, 0.25) is 0 Å². The van der Waals surface area contributed by atoms with E-state index >= 15 is 0 Å². The van der Waals surface area contributed by atoms with Crippen LogP contribution in [0.4, 0.5) is 0 Å². The quantitative estimate of drug-likeness (QED) is 0.806. The van der Waals surface area contributed by atoms with Gasteiger partial charge in [-0.05, 0) is 34.4 Å². The van der Waals surface area contributed by atoms with E-state index in [2.05, 4.69) is 0 Å². The predicted octanol–water partition coefficient (Wildman–Crippen LogP) is 2.68. The zero-order valence-corrected chi connectivity index (χ0v) is 11.6. The molecule has 1 aliphatic rings. The topological polar surface area (TPSA) is 94.8 Å². The molecule has 2 aromatic rings. The van der Waals surface area contributed by atoms with Gasteiger partial charge in [0.25, 0.3) is 0 Å². The molecule has 0 heterocycles. The average molecular weight is 298 g/mol. The zero-order chi connectivity index (χ0) is 15.9. The average Bonchev–Trinajstić information content (AvgIpc) is 2.77. The second-order valence-corrected chi connectivity index (χ2v) is 5.38. The van der Waals surface area contributed by atoms with E-state index in [4.69, 9.17) is 5.11 Å². The number of rotatable bonds is 4. The van der Waals surface area contributed by atoms with Gasteiger partial charge in [-0.25, -0.2) is 0 Å². The Kier molecular flexibility index (Phi) is 3.33. The standard InChI is InChI=1S/C17H14O5/c18-9-5-6-11-10-3-1-2-4-12(10)16(13(11)7-9)14(17(21)22)8-15(19)20/h1-7,14,16,18H,8H2,(H,19,20)(H,21,22)/t14-,16+/m1/s1. The molecule has 0 bridgehead atoms. The van der Waals surface area contributed by atoms with Gasteiger partial charge in [0.15, 0.2) is 0 Å². The molecule has 2 aromatic carbocycles. The first kappa shape index (κ1) is 14.1. The second-order valence-electron chi connectivity index (χ2n) is 5.38. The summed E-state index contributed by atoms with van der Waals surface area (Å²) in [4.78, 5) is 22.6. The minimum atomic E-state index is -1.15. The van der Waals surface area contributed by atoms with E-state index in [-0.39, 0.29) is 5.75 Å². The lowest BCUT2D eigenvalue weighted by atomic mass is 9.82. The number of carboxylic acids is 2. The van der Waals surface area contributed by atoms with Crippen LogP contribution in [0.2, 0.25) is 0 Å². The van der Waals surface area contributed by atoms with Gasteiger partial charge in [-0.3, -0.25) is 9.59 Å². The van der Waals surface area contributed by atoms with Crippen LogP contribution in [0.1, 0.15) is 23.5 Å². The van der Waals surface area contributed by atoms with Crippen LogP contribution < -0.4 is 0 Å². The lowest BCUT2D eigenvalue weighted by Gasteiger charge is -2.20. The summed E-state index contributed by atoms with van der Waals surface area (Å²) in [5.74, 6) is -3.93. The van der Waals surface area contributed by atoms with Gasteiger partial charge in [-0.15, -0.1) is 0 Å². The number of hydrogen-bond donors (Lipinski definition) is 3. The summed E-state index contributed by atoms with van der Waals surface area (Å²) in [5.41, 5.74) is 3.18. The highest BCUT2D eigenvalue weighted by Gasteiger charge is 2.39. The maximum absolute atomic E-state index is 11.6. The third kappa shape index (κ3) is 2.20. The Labute approximate surface area is 126 Å². The number of benzene rings is 2. The highest BCUT2D eigenvalue weighted by molar-refractivity contribution is 5.85. The van der Waals surface area contributed by atoms with Crippen molar-refractivity contribution in [2.75, 3.05) is 0 Å². The van der Waals surface area contributed by atoms with Crippen LogP contribution in [0.25, 0.3) is 11.1 Å². The Morgan fingerprint density at radius 1 is 1.00 bits per heavy atom. The van der Waals surface area contributed by atoms with Crippen molar-refractivity contribution in [1.29, 1.82) is 0 Å². The largest absolute Gasteiger partial charge is 0.508 e. The van der Waals surface area contributed by atoms with Gasteiger partial charge >= 0.3 is 11.9 Å². The summed E-state index contributed by atoms with van der Waals surface area (Å²) in [7, 11) is 0. The zero-order valence-electron chi connectivity index (χ0n) is 11.6. The second kappa shape index (κ2) is 5.18. The maximum Gasteiger partial charge on any atom is 0.308 e. The van der Waals surface area contributed by atoms with E-state index in [0.29, 0.717) is 5.56 Å². The Balaban J connectivity index is 2.20. The molecule has 0 unspecified atom stereocenters. The molecule has 0 saturated carbocycles. The van der Waals surface area contributed by atoms with E-state index in [0.717, 1.165) is 16.7 Å². The van der Waals surface area contributed by atoms with Gasteiger partial charge in [-0.1, -0.05) is 30.3 Å². The summed E-state index contributed by atoms with van der Waals surface area (Å²) >= 11 is 0. The molecule has 0 saturated heterocycles. The first-order chi connectivity index (χ1) is 10.5. The van der Waals surface area contributed by atoms with Crippen LogP contribution in [0.15, 0.2) is 42.5 Å². The summed E-state index contributed by atoms with van der Waals surface area (Å²) in [6, 6.07) is 12.2. The molecule has 1 aliphatic carbocycles. The molecule has 112 valence electrons. The van der Waals surface area contributed by atoms with E-state index < -0.39 is 30.2 Å². The Morgan fingerprint density at radius 3 is 2.36 bits per heavy atom. The van der Waals surface area contributed by atoms with Crippen molar-refractivity contribution in [3.8, 4) is 16.9 Å². The lowest BCUT2D eigenvalue weighted by Crippen LogP contribution is -2.24. The number of aromatic hydroxyl groups is 1. The number of phenolic OH excluding ortho intramolecular Hbond substituents is 1. The lowest BCUT2D eigenvalue weighted by molar-refractivity contribution is -0.148. The van der Waals surface area contributed by atoms with Crippen LogP contribution in [0.5, 0.6) is 5.75 Å². The Hall–Kier alpha value is -2.82. The minimum absolute atomic E-state index is 0.0380. The normalized spacial score (nSPS) is 16.6. The monoisotopic (exact) mass is 298 g/mol. The molecule has 2 atom stereocenters. The molecule has 0 radical (unpaired) electrons. The number of fused-ring (bicyclic) bond motifs is 3. The molecule has 0 fully saturated rings. The number of aliphatic carboxylic acids is 2. The first-order valence-corrected chi connectivity index (χ1v) is 6.86. The van der Waals surface area contributed by atoms with E-state index in [1.807, 2.05) is 18.2 Å². The van der Waals surface area contributed by atoms with Crippen LogP contribution in [-0.2, 0) is 9.59 Å². The first-order valence-electron chi connectivity index (χ1n) is 6.86. The van der Waals surface area contributed by atoms with Crippen molar-refractivity contribution in [2.45, 2.75) is 12.3 Å². The van der Waals surface area contributed by atoms with E-state index in [1.54, 1.807) is 18.2 Å². The van der Waals surface area contributed by atoms with Gasteiger partial charge in [-0.2, -0.15) is 0 Å². The number of carbonyl (C=O) groups is 2. The number of phenols is 1. The fourth-order valence-corrected chi connectivity index (χ4v) is 3.20. The fraction of sp³-hybridized carbons (Fsp3) is 0.176. The van der Waals surface area contributed by atoms with E-state index in [1.165, 1.54) is 6.07 Å². The van der Waals surface area contributed by atoms with Crippen LogP contribution in [0, 0.1) is 5.92 Å². The van der Waals surface area contributed by atoms with Crippen molar-refractivity contribution >= 4 is 11.9 Å². The van der Waals surface area contributed by atoms with Crippen molar-refractivity contribution in [2.24, 2.45) is 5.92 Å². The van der Waals surface area contributed by atoms with Gasteiger partial charge in [0, 0.05) is 5.92 Å². The summed E-state index contributed by atoms with van der Waals surface area (Å²) in [5, 5.41) is 28.2. The SMILES string of the molecule is O=C(O)C[C@@H](C(=O)O)[C@H]1c2ccccc2-c2ccc(O)cc21. The van der Waals surface area contributed by atoms with Crippen LogP contribution >= 0.6 is 0 Å². The third-order valence-corrected chi connectivity index (χ3v) is 4.07. The molecule has 3 rings (SSSR count). The molecule has 0 spiro atoms. The number of hydrogen-bond acceptors (Lipinski definition) is 3. The molecular formula is C17H14O5. The van der Waals surface area contributed by atoms with Crippen molar-refractivity contribution in [1.82, 2.24) is 0 Å². The summed E-state index contributed by atoms with van der Waals surface area (Å²) in [6.07, 6.45) is -0.469. The third-order valence-electron chi connectivity index (χ3n) is 4.07. The highest BCUT2D eigenvalue weighted by Crippen LogP contribution is 2.49. The molecule has 5 nitrogen and oxygen atoms in total. The predicted molar refractivity (Wildman–Crippen MR) is 78.8 cm³/mol. The molecule has 5 heteroatoms. The molecule has 0 aromatic heterocycles. The number of carboxylic acid groups (broad SMARTS) is 2. The molecular weight excluding hydrogens is 284 g/mol. The highest BCUT2D eigenvalue weighted by atomic mass is 16.4. The smallest absolute Gasteiger partial charge is 0.308 e. The van der Waals surface area contributed by atoms with Gasteiger partial charge in [0.05, 0.1) is 12.3 Å². The van der Waals surface area contributed by atoms with Crippen LogP contribution in [-0.4, -0.2) is 27.3 Å². The van der Waals surface area contributed by atoms with Crippen molar-refractivity contribution in [3.63, 3.8) is 0 Å².